The van der Waals surface area contributed by atoms with E-state index in [-0.39, 0.29) is 30.2 Å². The van der Waals surface area contributed by atoms with E-state index in [2.05, 4.69) is 25.5 Å². The van der Waals surface area contributed by atoms with Gasteiger partial charge in [-0.15, -0.1) is 10.2 Å². The molecular formula is C20H21F2N7O. The van der Waals surface area contributed by atoms with Crippen molar-refractivity contribution in [2.24, 2.45) is 0 Å². The molecule has 3 aromatic rings. The molecule has 2 fully saturated rings. The van der Waals surface area contributed by atoms with Gasteiger partial charge in [0, 0.05) is 40.3 Å². The van der Waals surface area contributed by atoms with Gasteiger partial charge >= 0.3 is 0 Å². The second-order valence-corrected chi connectivity index (χ2v) is 7.44. The third-order valence-electron chi connectivity index (χ3n) is 5.63. The van der Waals surface area contributed by atoms with E-state index in [0.29, 0.717) is 11.3 Å². The van der Waals surface area contributed by atoms with E-state index in [0.717, 1.165) is 0 Å². The number of aromatic hydroxyl groups is 1. The molecule has 8 nitrogen and oxygen atoms in total. The van der Waals surface area contributed by atoms with Crippen molar-refractivity contribution in [3.63, 3.8) is 0 Å². The van der Waals surface area contributed by atoms with Crippen LogP contribution in [-0.4, -0.2) is 67.3 Å². The zero-order valence-corrected chi connectivity index (χ0v) is 16.1. The number of aromatic nitrogens is 5. The molecule has 10 heteroatoms. The standard InChI is InChI=1S/C20H21F2N7O/c1-28(16-8-14-13(21)7-15(25-14)19(16)22)18-9-24-20(27-26-18)12-3-2-11(6-17(12)30)29-5-4-23-10-29/h2-6,9-10,13-16,19,25,30H,7-8H2,1H3/t13-,14+,15+,16-,19-/m1/s1/i14D,15D. The molecule has 156 valence electrons. The van der Waals surface area contributed by atoms with Crippen LogP contribution in [0, 0.1) is 0 Å². The van der Waals surface area contributed by atoms with E-state index < -0.39 is 30.4 Å². The molecule has 30 heavy (non-hydrogen) atoms. The van der Waals surface area contributed by atoms with E-state index in [1.807, 2.05) is 0 Å². The first-order chi connectivity index (χ1) is 15.2. The number of halogens is 2. The van der Waals surface area contributed by atoms with Crippen LogP contribution in [0.2, 0.25) is 0 Å². The molecule has 0 unspecified atom stereocenters. The Kier molecular flexibility index (Phi) is 4.04. The number of hydrogen-bond acceptors (Lipinski definition) is 7. The lowest BCUT2D eigenvalue weighted by Gasteiger charge is -2.38. The molecule has 2 bridgehead atoms. The summed E-state index contributed by atoms with van der Waals surface area (Å²) < 4.78 is 47.6. The minimum atomic E-state index is -1.86. The topological polar surface area (TPSA) is 92.0 Å². The highest BCUT2D eigenvalue weighted by Crippen LogP contribution is 2.35. The molecule has 1 aromatic carbocycles. The monoisotopic (exact) mass is 415 g/mol. The molecule has 4 heterocycles. The predicted octanol–water partition coefficient (Wildman–Crippen LogP) is 2.05. The lowest BCUT2D eigenvalue weighted by molar-refractivity contribution is 0.172. The highest BCUT2D eigenvalue weighted by Gasteiger charge is 2.48. The average Bonchev–Trinajstić information content (AvgIpc) is 3.37. The maximum atomic E-state index is 15.1. The van der Waals surface area contributed by atoms with Crippen molar-refractivity contribution in [1.82, 2.24) is 30.0 Å². The number of imidazole rings is 1. The Bertz CT molecular complexity index is 1140. The van der Waals surface area contributed by atoms with Crippen molar-refractivity contribution < 1.29 is 16.6 Å². The number of rotatable bonds is 4. The lowest BCUT2D eigenvalue weighted by Crippen LogP contribution is -2.56. The second kappa shape index (κ2) is 7.28. The van der Waals surface area contributed by atoms with Crippen LogP contribution in [-0.2, 0) is 0 Å². The third kappa shape index (κ3) is 3.17. The van der Waals surface area contributed by atoms with Gasteiger partial charge in [-0.3, -0.25) is 0 Å². The maximum Gasteiger partial charge on any atom is 0.185 e. The van der Waals surface area contributed by atoms with Crippen molar-refractivity contribution in [3.05, 3.63) is 43.1 Å². The molecule has 0 amide bonds. The van der Waals surface area contributed by atoms with Gasteiger partial charge in [-0.05, 0) is 25.0 Å². The molecule has 2 saturated heterocycles. The Morgan fingerprint density at radius 1 is 1.27 bits per heavy atom. The Morgan fingerprint density at radius 2 is 2.13 bits per heavy atom. The van der Waals surface area contributed by atoms with Gasteiger partial charge in [0.1, 0.15) is 18.1 Å². The summed E-state index contributed by atoms with van der Waals surface area (Å²) in [6.07, 6.45) is 2.48. The summed E-state index contributed by atoms with van der Waals surface area (Å²) in [6, 6.07) is 0.467. The number of nitrogens with one attached hydrogen (secondary N) is 1. The minimum absolute atomic E-state index is 0.0425. The van der Waals surface area contributed by atoms with Crippen molar-refractivity contribution in [1.29, 1.82) is 0 Å². The zero-order valence-electron chi connectivity index (χ0n) is 18.1. The molecule has 0 spiro atoms. The van der Waals surface area contributed by atoms with Crippen LogP contribution in [0.5, 0.6) is 5.75 Å². The van der Waals surface area contributed by atoms with Gasteiger partial charge < -0.3 is 19.9 Å². The quantitative estimate of drug-likeness (QED) is 0.674. The number of benzene rings is 1. The lowest BCUT2D eigenvalue weighted by atomic mass is 9.96. The minimum Gasteiger partial charge on any atom is -0.507 e. The van der Waals surface area contributed by atoms with Gasteiger partial charge in [0.25, 0.3) is 0 Å². The van der Waals surface area contributed by atoms with Crippen LogP contribution < -0.4 is 10.2 Å². The van der Waals surface area contributed by atoms with Crippen molar-refractivity contribution >= 4 is 5.82 Å². The fourth-order valence-electron chi connectivity index (χ4n) is 3.91. The Labute approximate surface area is 174 Å². The van der Waals surface area contributed by atoms with Crippen molar-refractivity contribution in [3.8, 4) is 22.8 Å². The second-order valence-electron chi connectivity index (χ2n) is 7.44. The SMILES string of the molecule is [2H][C@]12C[C@@H](N(C)c3cnc(-c4ccc(-n5ccnc5)cc4O)nn3)[C@H](F)[C@]([2H])(C[C@H]1F)N2. The van der Waals surface area contributed by atoms with E-state index >= 15 is 4.39 Å². The van der Waals surface area contributed by atoms with Gasteiger partial charge in [-0.2, -0.15) is 0 Å². The molecule has 2 aliphatic rings. The summed E-state index contributed by atoms with van der Waals surface area (Å²) in [7, 11) is 1.56. The number of fused-ring (bicyclic) bond motifs is 2. The van der Waals surface area contributed by atoms with Crippen LogP contribution in [0.3, 0.4) is 0 Å². The first-order valence-electron chi connectivity index (χ1n) is 10.5. The first-order valence-corrected chi connectivity index (χ1v) is 9.52. The smallest absolute Gasteiger partial charge is 0.185 e. The first kappa shape index (κ1) is 16.6. The maximum absolute atomic E-state index is 15.1. The van der Waals surface area contributed by atoms with Gasteiger partial charge in [0.15, 0.2) is 11.6 Å². The molecule has 2 aliphatic heterocycles. The van der Waals surface area contributed by atoms with E-state index in [4.69, 9.17) is 2.74 Å². The fraction of sp³-hybridized carbons (Fsp3) is 0.400. The van der Waals surface area contributed by atoms with Gasteiger partial charge in [0.05, 0.1) is 29.8 Å². The van der Waals surface area contributed by atoms with E-state index in [1.165, 1.54) is 11.1 Å². The number of phenols is 1. The third-order valence-corrected chi connectivity index (χ3v) is 5.63. The van der Waals surface area contributed by atoms with E-state index in [1.54, 1.807) is 48.5 Å². The zero-order chi connectivity index (χ0) is 22.7. The van der Waals surface area contributed by atoms with Gasteiger partial charge in [-0.25, -0.2) is 18.7 Å². The van der Waals surface area contributed by atoms with E-state index in [9.17, 15) is 9.50 Å². The average molecular weight is 415 g/mol. The normalized spacial score (nSPS) is 33.8. The molecule has 5 rings (SSSR count). The number of nitrogens with zero attached hydrogens (tertiary/aromatic N) is 6. The molecule has 2 N–H and O–H groups in total. The largest absolute Gasteiger partial charge is 0.507 e. The molecule has 0 saturated carbocycles. The molecule has 0 radical (unpaired) electrons. The molecular weight excluding hydrogens is 392 g/mol. The summed E-state index contributed by atoms with van der Waals surface area (Å²) in [6.45, 7) is 0. The van der Waals surface area contributed by atoms with Gasteiger partial charge in [0.2, 0.25) is 0 Å². The highest BCUT2D eigenvalue weighted by atomic mass is 19.1. The summed E-state index contributed by atoms with van der Waals surface area (Å²) in [5.74, 6) is 0.357. The highest BCUT2D eigenvalue weighted by molar-refractivity contribution is 5.66. The Hall–Kier alpha value is -3.14. The summed E-state index contributed by atoms with van der Waals surface area (Å²) in [5.41, 5.74) is 1.08. The molecule has 0 aliphatic carbocycles. The number of alkyl halides is 2. The summed E-state index contributed by atoms with van der Waals surface area (Å²) in [5, 5.41) is 21.1. The number of piperidine rings is 1. The fourth-order valence-corrected chi connectivity index (χ4v) is 3.91. The summed E-state index contributed by atoms with van der Waals surface area (Å²) in [4.78, 5) is 9.66. The number of anilines is 1. The Morgan fingerprint density at radius 3 is 2.83 bits per heavy atom. The summed E-state index contributed by atoms with van der Waals surface area (Å²) >= 11 is 0. The van der Waals surface area contributed by atoms with Crippen LogP contribution in [0.25, 0.3) is 17.1 Å². The van der Waals surface area contributed by atoms with Crippen molar-refractivity contribution in [2.75, 3.05) is 11.9 Å². The van der Waals surface area contributed by atoms with Crippen molar-refractivity contribution in [2.45, 2.75) is 43.3 Å². The molecule has 2 aromatic heterocycles. The predicted molar refractivity (Wildman–Crippen MR) is 106 cm³/mol. The van der Waals surface area contributed by atoms with Crippen LogP contribution >= 0.6 is 0 Å². The van der Waals surface area contributed by atoms with Crippen LogP contribution in [0.1, 0.15) is 15.6 Å². The Balaban J connectivity index is 1.38. The van der Waals surface area contributed by atoms with Crippen LogP contribution in [0.4, 0.5) is 14.6 Å². The van der Waals surface area contributed by atoms with Crippen LogP contribution in [0.15, 0.2) is 43.1 Å². The molecule has 5 atom stereocenters. The van der Waals surface area contributed by atoms with Gasteiger partial charge in [-0.1, -0.05) is 0 Å². The number of hydrogen-bond donors (Lipinski definition) is 2. The number of phenolic OH excluding ortho intramolecular Hbond substituents is 1.